The zero-order chi connectivity index (χ0) is 44.8. The van der Waals surface area contributed by atoms with Gasteiger partial charge in [0.2, 0.25) is 0 Å². The Kier molecular flexibility index (Phi) is 11.4. The summed E-state index contributed by atoms with van der Waals surface area (Å²) in [6, 6.07) is 27.0. The third kappa shape index (κ3) is 8.64. The van der Waals surface area contributed by atoms with Crippen molar-refractivity contribution >= 4 is 55.5 Å². The monoisotopic (exact) mass is 878 g/mol. The number of nitrogens with zero attached hydrogens (tertiary/aromatic N) is 5. The maximum absolute atomic E-state index is 13.3. The Morgan fingerprint density at radius 3 is 2.24 bits per heavy atom. The highest BCUT2D eigenvalue weighted by atomic mass is 32.2. The number of carbonyl (C=O) groups is 2. The number of benzene rings is 4. The number of fused-ring (bicyclic) bond motifs is 4. The smallest absolute Gasteiger partial charge is 0.308 e. The Morgan fingerprint density at radius 2 is 1.57 bits per heavy atom. The number of ether oxygens (including phenoxy) is 1. The Bertz CT molecular complexity index is 3090. The van der Waals surface area contributed by atoms with E-state index < -0.39 is 21.7 Å². The Labute approximate surface area is 369 Å². The molecule has 15 heteroatoms. The third-order valence-electron chi connectivity index (χ3n) is 11.0. The summed E-state index contributed by atoms with van der Waals surface area (Å²) in [5, 5.41) is 22.9. The van der Waals surface area contributed by atoms with Crippen molar-refractivity contribution in [3.63, 3.8) is 0 Å². The molecule has 0 spiro atoms. The lowest BCUT2D eigenvalue weighted by Gasteiger charge is -2.21. The number of sulfonamides is 1. The van der Waals surface area contributed by atoms with E-state index in [1.165, 1.54) is 12.1 Å². The number of nitrogens with one attached hydrogen (secondary N) is 3. The van der Waals surface area contributed by atoms with Crippen LogP contribution in [0.5, 0.6) is 0 Å². The van der Waals surface area contributed by atoms with Gasteiger partial charge < -0.3 is 15.0 Å². The van der Waals surface area contributed by atoms with Crippen molar-refractivity contribution in [2.24, 2.45) is 4.99 Å². The normalized spacial score (nSPS) is 13.7. The molecule has 3 N–H and O–H groups in total. The predicted octanol–water partition coefficient (Wildman–Crippen LogP) is 8.98. The number of hydrogen-bond acceptors (Lipinski definition) is 10. The molecule has 1 aliphatic heterocycles. The van der Waals surface area contributed by atoms with Crippen LogP contribution in [-0.4, -0.2) is 57.9 Å². The van der Waals surface area contributed by atoms with E-state index in [-0.39, 0.29) is 23.2 Å². The highest BCUT2D eigenvalue weighted by molar-refractivity contribution is 7.92. The third-order valence-corrected chi connectivity index (χ3v) is 13.6. The van der Waals surface area contributed by atoms with Gasteiger partial charge in [-0.1, -0.05) is 54.6 Å². The van der Waals surface area contributed by atoms with E-state index >= 15 is 0 Å². The van der Waals surface area contributed by atoms with Crippen molar-refractivity contribution in [3.8, 4) is 22.2 Å². The topological polar surface area (TPSA) is 184 Å². The lowest BCUT2D eigenvalue weighted by atomic mass is 9.96. The number of hydrogen-bond donors (Lipinski definition) is 3. The molecule has 1 amide bonds. The van der Waals surface area contributed by atoms with E-state index in [0.717, 1.165) is 60.4 Å². The van der Waals surface area contributed by atoms with Gasteiger partial charge in [0.25, 0.3) is 15.9 Å². The van der Waals surface area contributed by atoms with Crippen LogP contribution in [-0.2, 0) is 26.0 Å². The van der Waals surface area contributed by atoms with Gasteiger partial charge in [-0.05, 0) is 113 Å². The number of aliphatic imine (C=N–C) groups is 1. The van der Waals surface area contributed by atoms with Gasteiger partial charge in [0, 0.05) is 39.7 Å². The number of aromatic amines is 1. The molecule has 63 heavy (non-hydrogen) atoms. The minimum Gasteiger partial charge on any atom is -0.460 e. The van der Waals surface area contributed by atoms with Crippen LogP contribution in [0.15, 0.2) is 101 Å². The molecule has 0 radical (unpaired) electrons. The van der Waals surface area contributed by atoms with Gasteiger partial charge in [-0.3, -0.25) is 23.9 Å². The van der Waals surface area contributed by atoms with Crippen LogP contribution in [0.1, 0.15) is 93.5 Å². The molecule has 7 aromatic rings. The lowest BCUT2D eigenvalue weighted by Crippen LogP contribution is -2.25. The maximum Gasteiger partial charge on any atom is 0.308 e. The molecule has 4 heterocycles. The standard InChI is InChI=1S/C48H46N8O5S2/c1-27-8-21-38(44-41(27)36(25-49)26-51-44)55-63(59,60)37-19-9-31(10-20-37)22-23-50-46(58)35-17-13-33(14-18-35)32-11-15-34(16-12-32)43-42-28(2)29(3)62-47(42)56-30(4)53-54-45(56)39(52-43)24-40(57)61-48(5,6)7/h8-21,26,39,51,55H,22-24H2,1-7H3,(H,50,58)/t39-/m0/s1. The first kappa shape index (κ1) is 42.8. The molecule has 0 bridgehead atoms. The fourth-order valence-corrected chi connectivity index (χ4v) is 10.0. The second-order valence-electron chi connectivity index (χ2n) is 16.6. The second-order valence-corrected chi connectivity index (χ2v) is 19.5. The van der Waals surface area contributed by atoms with E-state index in [0.29, 0.717) is 46.5 Å². The van der Waals surface area contributed by atoms with Crippen LogP contribution >= 0.6 is 11.3 Å². The molecule has 0 unspecified atom stereocenters. The first-order chi connectivity index (χ1) is 30.0. The Balaban J connectivity index is 0.922. The van der Waals surface area contributed by atoms with Crippen molar-refractivity contribution in [1.29, 1.82) is 5.26 Å². The molecule has 8 rings (SSSR count). The number of thiophene rings is 1. The lowest BCUT2D eigenvalue weighted by molar-refractivity contribution is -0.155. The van der Waals surface area contributed by atoms with E-state index in [4.69, 9.17) is 9.73 Å². The summed E-state index contributed by atoms with van der Waals surface area (Å²) < 4.78 is 36.9. The van der Waals surface area contributed by atoms with Gasteiger partial charge in [0.1, 0.15) is 28.5 Å². The second kappa shape index (κ2) is 16.8. The predicted molar refractivity (Wildman–Crippen MR) is 245 cm³/mol. The molecule has 0 saturated carbocycles. The molecule has 1 aliphatic rings. The molecule has 320 valence electrons. The fourth-order valence-electron chi connectivity index (χ4n) is 7.76. The molecule has 0 fully saturated rings. The van der Waals surface area contributed by atoms with Crippen molar-refractivity contribution in [2.75, 3.05) is 11.3 Å². The van der Waals surface area contributed by atoms with Crippen LogP contribution in [0.4, 0.5) is 5.69 Å². The first-order valence-electron chi connectivity index (χ1n) is 20.4. The van der Waals surface area contributed by atoms with E-state index in [9.17, 15) is 23.3 Å². The number of amides is 1. The number of aryl methyl sites for hydroxylation is 3. The molecular weight excluding hydrogens is 833 g/mol. The van der Waals surface area contributed by atoms with Crippen LogP contribution in [0.25, 0.3) is 27.0 Å². The zero-order valence-electron chi connectivity index (χ0n) is 36.0. The van der Waals surface area contributed by atoms with E-state index in [1.54, 1.807) is 53.9 Å². The summed E-state index contributed by atoms with van der Waals surface area (Å²) in [7, 11) is -3.91. The minimum atomic E-state index is -3.91. The molecule has 13 nitrogen and oxygen atoms in total. The van der Waals surface area contributed by atoms with Gasteiger partial charge in [-0.15, -0.1) is 21.5 Å². The quantitative estimate of drug-likeness (QED) is 0.108. The summed E-state index contributed by atoms with van der Waals surface area (Å²) in [6.45, 7) is 13.8. The Hall–Kier alpha value is -6.89. The van der Waals surface area contributed by atoms with Gasteiger partial charge in [-0.2, -0.15) is 5.26 Å². The van der Waals surface area contributed by atoms with Crippen molar-refractivity contribution in [2.45, 2.75) is 77.8 Å². The number of esters is 1. The number of carbonyl (C=O) groups excluding carboxylic acids is 2. The molecule has 3 aromatic heterocycles. The van der Waals surface area contributed by atoms with Gasteiger partial charge >= 0.3 is 5.97 Å². The number of aromatic nitrogens is 4. The largest absolute Gasteiger partial charge is 0.460 e. The molecule has 4 aromatic carbocycles. The highest BCUT2D eigenvalue weighted by Crippen LogP contribution is 2.40. The van der Waals surface area contributed by atoms with Gasteiger partial charge in [-0.25, -0.2) is 8.42 Å². The summed E-state index contributed by atoms with van der Waals surface area (Å²) in [5.41, 5.74) is 8.61. The van der Waals surface area contributed by atoms with Crippen LogP contribution in [0.3, 0.4) is 0 Å². The number of anilines is 1. The summed E-state index contributed by atoms with van der Waals surface area (Å²) in [6.07, 6.45) is 2.08. The molecule has 1 atom stereocenters. The zero-order valence-corrected chi connectivity index (χ0v) is 37.6. The average molecular weight is 879 g/mol. The van der Waals surface area contributed by atoms with E-state index in [2.05, 4.69) is 45.1 Å². The molecular formula is C48H46N8O5S2. The van der Waals surface area contributed by atoms with Crippen LogP contribution in [0, 0.1) is 39.0 Å². The van der Waals surface area contributed by atoms with Crippen molar-refractivity contribution in [3.05, 3.63) is 147 Å². The van der Waals surface area contributed by atoms with Crippen LogP contribution < -0.4 is 10.0 Å². The SMILES string of the molecule is Cc1sc2c(c1C)C(c1ccc(-c3ccc(C(=O)NCCc4ccc(S(=O)(=O)Nc5ccc(C)c6c(C#N)c[nH]c56)cc4)cc3)cc1)=N[C@@H](CC(=O)OC(C)(C)C)c1nnc(C)n1-2. The number of rotatable bonds is 11. The minimum absolute atomic E-state index is 0.0159. The van der Waals surface area contributed by atoms with Gasteiger partial charge in [0.15, 0.2) is 5.82 Å². The summed E-state index contributed by atoms with van der Waals surface area (Å²) in [5.74, 6) is 0.737. The van der Waals surface area contributed by atoms with Crippen molar-refractivity contribution < 1.29 is 22.7 Å². The summed E-state index contributed by atoms with van der Waals surface area (Å²) >= 11 is 1.65. The number of nitriles is 1. The Morgan fingerprint density at radius 1 is 0.905 bits per heavy atom. The average Bonchev–Trinajstić information content (AvgIpc) is 3.92. The van der Waals surface area contributed by atoms with E-state index in [1.807, 2.05) is 75.6 Å². The van der Waals surface area contributed by atoms with Crippen molar-refractivity contribution in [1.82, 2.24) is 25.1 Å². The number of H-pyrrole nitrogens is 1. The first-order valence-corrected chi connectivity index (χ1v) is 22.7. The molecule has 0 aliphatic carbocycles. The fraction of sp³-hybridized carbons (Fsp3) is 0.250. The maximum atomic E-state index is 13.3. The molecule has 0 saturated heterocycles. The highest BCUT2D eigenvalue weighted by Gasteiger charge is 2.33. The van der Waals surface area contributed by atoms with Gasteiger partial charge in [0.05, 0.1) is 33.8 Å². The summed E-state index contributed by atoms with van der Waals surface area (Å²) in [4.78, 5) is 35.8. The van der Waals surface area contributed by atoms with Crippen LogP contribution in [0.2, 0.25) is 0 Å².